The topological polar surface area (TPSA) is 122 Å². The van der Waals surface area contributed by atoms with Gasteiger partial charge in [-0.25, -0.2) is 9.59 Å². The second-order valence-corrected chi connectivity index (χ2v) is 4.58. The fraction of sp³-hybridized carbons (Fsp3) is 0.250. The van der Waals surface area contributed by atoms with E-state index in [1.807, 2.05) is 0 Å². The molecule has 0 heterocycles. The van der Waals surface area contributed by atoms with Crippen molar-refractivity contribution in [2.24, 2.45) is 5.73 Å². The van der Waals surface area contributed by atoms with E-state index >= 15 is 0 Å². The second-order valence-electron chi connectivity index (χ2n) is 4.17. The summed E-state index contributed by atoms with van der Waals surface area (Å²) in [6, 6.07) is 3.07. The number of hydrogen-bond donors (Lipinski definition) is 4. The van der Waals surface area contributed by atoms with Crippen molar-refractivity contribution >= 4 is 35.2 Å². The zero-order chi connectivity index (χ0) is 15.3. The normalized spacial score (nSPS) is 11.5. The molecule has 5 N–H and O–H groups in total. The Kier molecular flexibility index (Phi) is 5.33. The lowest BCUT2D eigenvalue weighted by Crippen LogP contribution is -2.38. The van der Waals surface area contributed by atoms with Gasteiger partial charge in [0, 0.05) is 18.2 Å². The molecule has 20 heavy (non-hydrogen) atoms. The minimum absolute atomic E-state index is 0.00835. The number of carboxylic acid groups (broad SMARTS) is 1. The van der Waals surface area contributed by atoms with Crippen LogP contribution in [0.2, 0.25) is 5.02 Å². The van der Waals surface area contributed by atoms with Crippen molar-refractivity contribution in [3.8, 4) is 0 Å². The van der Waals surface area contributed by atoms with Crippen LogP contribution in [-0.4, -0.2) is 29.1 Å². The number of benzene rings is 1. The van der Waals surface area contributed by atoms with E-state index in [-0.39, 0.29) is 22.7 Å². The number of amides is 3. The number of primary amides is 1. The van der Waals surface area contributed by atoms with Crippen LogP contribution in [0.4, 0.5) is 10.5 Å². The monoisotopic (exact) mass is 299 g/mol. The van der Waals surface area contributed by atoms with Crippen molar-refractivity contribution in [3.63, 3.8) is 0 Å². The van der Waals surface area contributed by atoms with Crippen molar-refractivity contribution < 1.29 is 19.5 Å². The van der Waals surface area contributed by atoms with Gasteiger partial charge in [0.05, 0.1) is 10.6 Å². The molecule has 0 fully saturated rings. The van der Waals surface area contributed by atoms with Crippen LogP contribution in [-0.2, 0) is 4.79 Å². The molecular weight excluding hydrogens is 286 g/mol. The first-order chi connectivity index (χ1) is 9.29. The summed E-state index contributed by atoms with van der Waals surface area (Å²) in [4.78, 5) is 33.2. The van der Waals surface area contributed by atoms with Gasteiger partial charge in [0.2, 0.25) is 5.91 Å². The number of halogens is 1. The zero-order valence-electron chi connectivity index (χ0n) is 10.6. The molecule has 1 aromatic carbocycles. The molecule has 8 heteroatoms. The summed E-state index contributed by atoms with van der Waals surface area (Å²) < 4.78 is 0. The molecule has 108 valence electrons. The number of nitrogens with two attached hydrogens (primary N) is 1. The number of urea groups is 1. The molecule has 0 bridgehead atoms. The number of carbonyl (C=O) groups is 3. The number of rotatable bonds is 5. The van der Waals surface area contributed by atoms with Gasteiger partial charge in [-0.2, -0.15) is 0 Å². The van der Waals surface area contributed by atoms with E-state index in [0.29, 0.717) is 0 Å². The summed E-state index contributed by atoms with van der Waals surface area (Å²) in [7, 11) is 0. The standard InChI is InChI=1S/C12H14ClN3O4/c1-6(4-10(14)17)15-12(20)16-7-2-3-9(13)8(5-7)11(18)19/h2-3,5-6H,4H2,1H3,(H2,14,17)(H,18,19)(H2,15,16,20). The highest BCUT2D eigenvalue weighted by Gasteiger charge is 2.12. The Morgan fingerprint density at radius 3 is 2.60 bits per heavy atom. The van der Waals surface area contributed by atoms with Crippen LogP contribution in [0.3, 0.4) is 0 Å². The maximum absolute atomic E-state index is 11.6. The van der Waals surface area contributed by atoms with Crippen LogP contribution in [0.15, 0.2) is 18.2 Å². The maximum atomic E-state index is 11.6. The summed E-state index contributed by atoms with van der Waals surface area (Å²) in [6.07, 6.45) is 0.00835. The molecule has 0 aromatic heterocycles. The Morgan fingerprint density at radius 2 is 2.05 bits per heavy atom. The molecule has 1 unspecified atom stereocenters. The summed E-state index contributed by atoms with van der Waals surface area (Å²) in [5.41, 5.74) is 5.16. The quantitative estimate of drug-likeness (QED) is 0.657. The first-order valence-electron chi connectivity index (χ1n) is 5.68. The summed E-state index contributed by atoms with van der Waals surface area (Å²) >= 11 is 5.71. The van der Waals surface area contributed by atoms with Gasteiger partial charge >= 0.3 is 12.0 Å². The number of carbonyl (C=O) groups excluding carboxylic acids is 2. The summed E-state index contributed by atoms with van der Waals surface area (Å²) in [5, 5.41) is 13.9. The summed E-state index contributed by atoms with van der Waals surface area (Å²) in [6.45, 7) is 1.62. The Labute approximate surface area is 120 Å². The Balaban J connectivity index is 2.69. The lowest BCUT2D eigenvalue weighted by molar-refractivity contribution is -0.118. The van der Waals surface area contributed by atoms with E-state index in [4.69, 9.17) is 22.4 Å². The predicted octanol–water partition coefficient (Wildman–Crippen LogP) is 1.42. The van der Waals surface area contributed by atoms with Crippen LogP contribution in [0.25, 0.3) is 0 Å². The van der Waals surface area contributed by atoms with Gasteiger partial charge < -0.3 is 21.5 Å². The lowest BCUT2D eigenvalue weighted by Gasteiger charge is -2.13. The molecule has 0 aliphatic carbocycles. The smallest absolute Gasteiger partial charge is 0.337 e. The zero-order valence-corrected chi connectivity index (χ0v) is 11.4. The molecule has 1 aromatic rings. The first kappa shape index (κ1) is 15.8. The maximum Gasteiger partial charge on any atom is 0.337 e. The lowest BCUT2D eigenvalue weighted by atomic mass is 10.2. The average molecular weight is 300 g/mol. The third-order valence-corrected chi connectivity index (χ3v) is 2.67. The van der Waals surface area contributed by atoms with Crippen LogP contribution in [0.5, 0.6) is 0 Å². The van der Waals surface area contributed by atoms with E-state index in [0.717, 1.165) is 0 Å². The number of carboxylic acids is 1. The average Bonchev–Trinajstić information content (AvgIpc) is 2.29. The number of nitrogens with one attached hydrogen (secondary N) is 2. The van der Waals surface area contributed by atoms with Crippen LogP contribution in [0, 0.1) is 0 Å². The second kappa shape index (κ2) is 6.76. The van der Waals surface area contributed by atoms with E-state index < -0.39 is 23.9 Å². The van der Waals surface area contributed by atoms with Gasteiger partial charge in [0.15, 0.2) is 0 Å². The van der Waals surface area contributed by atoms with E-state index in [9.17, 15) is 14.4 Å². The highest BCUT2D eigenvalue weighted by Crippen LogP contribution is 2.20. The largest absolute Gasteiger partial charge is 0.478 e. The fourth-order valence-corrected chi connectivity index (χ4v) is 1.71. The van der Waals surface area contributed by atoms with E-state index in [1.165, 1.54) is 18.2 Å². The molecular formula is C12H14ClN3O4. The Bertz CT molecular complexity index is 548. The molecule has 1 rings (SSSR count). The molecule has 0 aliphatic heterocycles. The van der Waals surface area contributed by atoms with Crippen LogP contribution >= 0.6 is 11.6 Å². The number of hydrogen-bond acceptors (Lipinski definition) is 3. The Morgan fingerprint density at radius 1 is 1.40 bits per heavy atom. The highest BCUT2D eigenvalue weighted by atomic mass is 35.5. The SMILES string of the molecule is CC(CC(N)=O)NC(=O)Nc1ccc(Cl)c(C(=O)O)c1. The molecule has 0 aliphatic rings. The number of aromatic carboxylic acids is 1. The van der Waals surface area contributed by atoms with Crippen molar-refractivity contribution in [1.82, 2.24) is 5.32 Å². The molecule has 0 saturated carbocycles. The van der Waals surface area contributed by atoms with Crippen molar-refractivity contribution in [1.29, 1.82) is 0 Å². The third kappa shape index (κ3) is 4.77. The van der Waals surface area contributed by atoms with Crippen LogP contribution < -0.4 is 16.4 Å². The van der Waals surface area contributed by atoms with Gasteiger partial charge in [0.1, 0.15) is 0 Å². The Hall–Kier alpha value is -2.28. The molecule has 7 nitrogen and oxygen atoms in total. The van der Waals surface area contributed by atoms with Crippen molar-refractivity contribution in [2.45, 2.75) is 19.4 Å². The highest BCUT2D eigenvalue weighted by molar-refractivity contribution is 6.33. The van der Waals surface area contributed by atoms with Crippen molar-refractivity contribution in [2.75, 3.05) is 5.32 Å². The third-order valence-electron chi connectivity index (χ3n) is 2.34. The molecule has 0 saturated heterocycles. The fourth-order valence-electron chi connectivity index (χ4n) is 1.51. The predicted molar refractivity (Wildman–Crippen MR) is 73.8 cm³/mol. The molecule has 3 amide bonds. The van der Waals surface area contributed by atoms with Gasteiger partial charge in [0.25, 0.3) is 0 Å². The molecule has 0 spiro atoms. The summed E-state index contributed by atoms with van der Waals surface area (Å²) in [5.74, 6) is -1.72. The minimum Gasteiger partial charge on any atom is -0.478 e. The van der Waals surface area contributed by atoms with Gasteiger partial charge in [-0.15, -0.1) is 0 Å². The number of anilines is 1. The van der Waals surface area contributed by atoms with Crippen LogP contribution in [0.1, 0.15) is 23.7 Å². The van der Waals surface area contributed by atoms with Gasteiger partial charge in [-0.05, 0) is 25.1 Å². The van der Waals surface area contributed by atoms with E-state index in [2.05, 4.69) is 10.6 Å². The first-order valence-corrected chi connectivity index (χ1v) is 6.06. The van der Waals surface area contributed by atoms with E-state index in [1.54, 1.807) is 6.92 Å². The molecule has 0 radical (unpaired) electrons. The van der Waals surface area contributed by atoms with Crippen molar-refractivity contribution in [3.05, 3.63) is 28.8 Å². The minimum atomic E-state index is -1.19. The van der Waals surface area contributed by atoms with Gasteiger partial charge in [-0.3, -0.25) is 4.79 Å². The molecule has 1 atom stereocenters. The van der Waals surface area contributed by atoms with Gasteiger partial charge in [-0.1, -0.05) is 11.6 Å².